The van der Waals surface area contributed by atoms with Gasteiger partial charge in [-0.1, -0.05) is 32.0 Å². The van der Waals surface area contributed by atoms with Gasteiger partial charge in [-0.05, 0) is 30.2 Å². The SMILES string of the molecule is COc1ccc(OC)c(NC(=O)COC(=O)[C@@H](NS(=O)(=O)c2ccccc2)C(C)C)c1. The Labute approximate surface area is 181 Å². The van der Waals surface area contributed by atoms with Crippen molar-refractivity contribution >= 4 is 27.6 Å². The summed E-state index contributed by atoms with van der Waals surface area (Å²) in [7, 11) is -1.00. The highest BCUT2D eigenvalue weighted by Gasteiger charge is 2.30. The van der Waals surface area contributed by atoms with Gasteiger partial charge in [0.2, 0.25) is 10.0 Å². The van der Waals surface area contributed by atoms with Crippen LogP contribution in [0.15, 0.2) is 53.4 Å². The Balaban J connectivity index is 2.03. The van der Waals surface area contributed by atoms with Crippen molar-refractivity contribution < 1.29 is 32.2 Å². The lowest BCUT2D eigenvalue weighted by atomic mass is 10.1. The summed E-state index contributed by atoms with van der Waals surface area (Å²) in [5, 5.41) is 2.57. The highest BCUT2D eigenvalue weighted by atomic mass is 32.2. The number of rotatable bonds is 10. The Morgan fingerprint density at radius 3 is 2.26 bits per heavy atom. The molecule has 0 radical (unpaired) electrons. The van der Waals surface area contributed by atoms with Crippen LogP contribution in [0.25, 0.3) is 0 Å². The molecule has 2 N–H and O–H groups in total. The van der Waals surface area contributed by atoms with Crippen LogP contribution in [0, 0.1) is 5.92 Å². The predicted octanol–water partition coefficient (Wildman–Crippen LogP) is 2.19. The van der Waals surface area contributed by atoms with E-state index in [0.717, 1.165) is 0 Å². The lowest BCUT2D eigenvalue weighted by Gasteiger charge is -2.20. The first-order chi connectivity index (χ1) is 14.7. The van der Waals surface area contributed by atoms with Gasteiger partial charge >= 0.3 is 5.97 Å². The van der Waals surface area contributed by atoms with E-state index in [1.165, 1.54) is 26.4 Å². The summed E-state index contributed by atoms with van der Waals surface area (Å²) in [5.41, 5.74) is 0.341. The number of anilines is 1. The van der Waals surface area contributed by atoms with Gasteiger partial charge in [0.1, 0.15) is 17.5 Å². The third kappa shape index (κ3) is 6.69. The third-order valence-corrected chi connectivity index (χ3v) is 5.74. The van der Waals surface area contributed by atoms with Gasteiger partial charge in [0, 0.05) is 6.07 Å². The van der Waals surface area contributed by atoms with Crippen LogP contribution in [0.1, 0.15) is 13.8 Å². The summed E-state index contributed by atoms with van der Waals surface area (Å²) < 4.78 is 42.8. The number of nitrogens with one attached hydrogen (secondary N) is 2. The molecule has 0 saturated carbocycles. The largest absolute Gasteiger partial charge is 0.497 e. The summed E-state index contributed by atoms with van der Waals surface area (Å²) in [6.45, 7) is 2.73. The van der Waals surface area contributed by atoms with E-state index < -0.39 is 40.5 Å². The molecule has 0 heterocycles. The van der Waals surface area contributed by atoms with E-state index >= 15 is 0 Å². The lowest BCUT2D eigenvalue weighted by Crippen LogP contribution is -2.45. The fraction of sp³-hybridized carbons (Fsp3) is 0.333. The molecule has 0 aliphatic rings. The number of esters is 1. The highest BCUT2D eigenvalue weighted by Crippen LogP contribution is 2.28. The summed E-state index contributed by atoms with van der Waals surface area (Å²) in [6.07, 6.45) is 0. The van der Waals surface area contributed by atoms with E-state index in [0.29, 0.717) is 17.2 Å². The first kappa shape index (κ1) is 24.2. The molecule has 2 rings (SSSR count). The minimum absolute atomic E-state index is 0.0244. The number of ether oxygens (including phenoxy) is 3. The van der Waals surface area contributed by atoms with Crippen LogP contribution in [-0.4, -0.2) is 47.2 Å². The van der Waals surface area contributed by atoms with Crippen molar-refractivity contribution in [2.24, 2.45) is 5.92 Å². The maximum Gasteiger partial charge on any atom is 0.324 e. The van der Waals surface area contributed by atoms with Crippen LogP contribution in [0.3, 0.4) is 0 Å². The number of carbonyl (C=O) groups is 2. The van der Waals surface area contributed by atoms with Crippen LogP contribution in [-0.2, 0) is 24.3 Å². The van der Waals surface area contributed by atoms with E-state index in [1.807, 2.05) is 0 Å². The van der Waals surface area contributed by atoms with Crippen molar-refractivity contribution in [1.82, 2.24) is 4.72 Å². The Kier molecular flexibility index (Phi) is 8.40. The Morgan fingerprint density at radius 1 is 1.00 bits per heavy atom. The zero-order valence-corrected chi connectivity index (χ0v) is 18.6. The normalized spacial score (nSPS) is 12.2. The number of methoxy groups -OCH3 is 2. The van der Waals surface area contributed by atoms with Crippen LogP contribution in [0.4, 0.5) is 5.69 Å². The van der Waals surface area contributed by atoms with Gasteiger partial charge in [-0.15, -0.1) is 0 Å². The topological polar surface area (TPSA) is 120 Å². The molecule has 168 valence electrons. The zero-order valence-electron chi connectivity index (χ0n) is 17.7. The number of benzene rings is 2. The standard InChI is InChI=1S/C21H26N2O7S/c1-14(2)20(23-31(26,27)16-8-6-5-7-9-16)21(25)30-13-19(24)22-17-12-15(28-3)10-11-18(17)29-4/h5-12,14,20,23H,13H2,1-4H3,(H,22,24)/t20-/m0/s1. The molecular weight excluding hydrogens is 424 g/mol. The molecule has 0 aliphatic heterocycles. The van der Waals surface area contributed by atoms with Gasteiger partial charge in [-0.3, -0.25) is 9.59 Å². The van der Waals surface area contributed by atoms with E-state index in [2.05, 4.69) is 10.0 Å². The molecule has 9 nitrogen and oxygen atoms in total. The smallest absolute Gasteiger partial charge is 0.324 e. The van der Waals surface area contributed by atoms with E-state index in [-0.39, 0.29) is 4.90 Å². The van der Waals surface area contributed by atoms with Crippen LogP contribution < -0.4 is 19.5 Å². The summed E-state index contributed by atoms with van der Waals surface area (Å²) in [5.74, 6) is -0.984. The molecule has 0 bridgehead atoms. The number of sulfonamides is 1. The molecule has 0 saturated heterocycles. The quantitative estimate of drug-likeness (QED) is 0.533. The van der Waals surface area contributed by atoms with Gasteiger partial charge in [-0.25, -0.2) is 8.42 Å². The number of hydrogen-bond acceptors (Lipinski definition) is 7. The Hall–Kier alpha value is -3.11. The molecule has 1 amide bonds. The van der Waals surface area contributed by atoms with Gasteiger partial charge in [0.25, 0.3) is 5.91 Å². The van der Waals surface area contributed by atoms with Crippen molar-refractivity contribution in [3.8, 4) is 11.5 Å². The first-order valence-corrected chi connectivity index (χ1v) is 10.9. The average Bonchev–Trinajstić information content (AvgIpc) is 2.76. The summed E-state index contributed by atoms with van der Waals surface area (Å²) in [6, 6.07) is 11.4. The third-order valence-electron chi connectivity index (χ3n) is 4.28. The Bertz CT molecular complexity index is 1010. The molecule has 1 atom stereocenters. The average molecular weight is 451 g/mol. The van der Waals surface area contributed by atoms with Crippen molar-refractivity contribution in [2.45, 2.75) is 24.8 Å². The molecule has 0 spiro atoms. The van der Waals surface area contributed by atoms with Crippen LogP contribution in [0.2, 0.25) is 0 Å². The molecule has 10 heteroatoms. The fourth-order valence-corrected chi connectivity index (χ4v) is 3.97. The maximum atomic E-state index is 12.5. The molecule has 0 fully saturated rings. The number of hydrogen-bond donors (Lipinski definition) is 2. The number of amides is 1. The highest BCUT2D eigenvalue weighted by molar-refractivity contribution is 7.89. The van der Waals surface area contributed by atoms with Gasteiger partial charge in [-0.2, -0.15) is 4.72 Å². The Morgan fingerprint density at radius 2 is 1.68 bits per heavy atom. The predicted molar refractivity (Wildman–Crippen MR) is 115 cm³/mol. The molecule has 0 unspecified atom stereocenters. The van der Waals surface area contributed by atoms with Crippen LogP contribution >= 0.6 is 0 Å². The summed E-state index contributed by atoms with van der Waals surface area (Å²) >= 11 is 0. The molecule has 2 aromatic carbocycles. The minimum Gasteiger partial charge on any atom is -0.497 e. The van der Waals surface area contributed by atoms with Gasteiger partial charge in [0.15, 0.2) is 6.61 Å². The molecule has 0 aliphatic carbocycles. The second-order valence-electron chi connectivity index (χ2n) is 6.88. The van der Waals surface area contributed by atoms with Gasteiger partial charge < -0.3 is 19.5 Å². The number of carbonyl (C=O) groups excluding carboxylic acids is 2. The summed E-state index contributed by atoms with van der Waals surface area (Å²) in [4.78, 5) is 24.8. The van der Waals surface area contributed by atoms with Gasteiger partial charge in [0.05, 0.1) is 24.8 Å². The second-order valence-corrected chi connectivity index (χ2v) is 8.59. The van der Waals surface area contributed by atoms with Crippen molar-refractivity contribution in [1.29, 1.82) is 0 Å². The van der Waals surface area contributed by atoms with E-state index in [9.17, 15) is 18.0 Å². The molecule has 0 aromatic heterocycles. The minimum atomic E-state index is -3.94. The maximum absolute atomic E-state index is 12.5. The van der Waals surface area contributed by atoms with Crippen LogP contribution in [0.5, 0.6) is 11.5 Å². The van der Waals surface area contributed by atoms with Crippen molar-refractivity contribution in [3.05, 3.63) is 48.5 Å². The zero-order chi connectivity index (χ0) is 23.0. The van der Waals surface area contributed by atoms with E-state index in [4.69, 9.17) is 14.2 Å². The second kappa shape index (κ2) is 10.8. The van der Waals surface area contributed by atoms with Crippen molar-refractivity contribution in [2.75, 3.05) is 26.1 Å². The van der Waals surface area contributed by atoms with E-state index in [1.54, 1.807) is 50.2 Å². The fourth-order valence-electron chi connectivity index (χ4n) is 2.62. The molecule has 31 heavy (non-hydrogen) atoms. The van der Waals surface area contributed by atoms with Crippen molar-refractivity contribution in [3.63, 3.8) is 0 Å². The monoisotopic (exact) mass is 450 g/mol. The first-order valence-electron chi connectivity index (χ1n) is 9.44. The molecule has 2 aromatic rings. The lowest BCUT2D eigenvalue weighted by molar-refractivity contribution is -0.150. The molecular formula is C21H26N2O7S.